The number of likely N-dealkylation sites (N-methyl/N-ethyl adjacent to an activating group) is 1. The van der Waals surface area contributed by atoms with Crippen LogP contribution in [0.15, 0.2) is 6.07 Å². The van der Waals surface area contributed by atoms with Crippen LogP contribution in [-0.2, 0) is 12.8 Å². The van der Waals surface area contributed by atoms with Crippen LogP contribution in [0.5, 0.6) is 0 Å². The smallest absolute Gasteiger partial charge is 0.146 e. The molecule has 1 unspecified atom stereocenters. The van der Waals surface area contributed by atoms with Crippen molar-refractivity contribution < 1.29 is 0 Å². The van der Waals surface area contributed by atoms with Gasteiger partial charge in [-0.2, -0.15) is 5.26 Å². The first-order chi connectivity index (χ1) is 10.3. The van der Waals surface area contributed by atoms with Gasteiger partial charge < -0.3 is 10.2 Å². The predicted molar refractivity (Wildman–Crippen MR) is 84.5 cm³/mol. The number of pyridine rings is 1. The van der Waals surface area contributed by atoms with Crippen molar-refractivity contribution in [1.82, 2.24) is 10.3 Å². The molecule has 0 aromatic carbocycles. The summed E-state index contributed by atoms with van der Waals surface area (Å²) in [5.74, 6) is 0.866. The van der Waals surface area contributed by atoms with Crippen LogP contribution < -0.4 is 10.2 Å². The quantitative estimate of drug-likeness (QED) is 0.926. The summed E-state index contributed by atoms with van der Waals surface area (Å²) in [4.78, 5) is 6.99. The number of nitrogens with one attached hydrogen (secondary N) is 1. The van der Waals surface area contributed by atoms with E-state index in [1.807, 2.05) is 0 Å². The Balaban J connectivity index is 1.81. The first kappa shape index (κ1) is 14.3. The Labute approximate surface area is 127 Å². The molecule has 1 atom stereocenters. The van der Waals surface area contributed by atoms with Gasteiger partial charge in [0, 0.05) is 25.3 Å². The summed E-state index contributed by atoms with van der Waals surface area (Å²) >= 11 is 0. The third kappa shape index (κ3) is 3.19. The number of nitriles is 1. The van der Waals surface area contributed by atoms with E-state index in [9.17, 15) is 5.26 Å². The molecule has 1 N–H and O–H groups in total. The summed E-state index contributed by atoms with van der Waals surface area (Å²) in [6, 6.07) is 4.93. The molecule has 21 heavy (non-hydrogen) atoms. The minimum absolute atomic E-state index is 0.521. The Kier molecular flexibility index (Phi) is 4.40. The van der Waals surface area contributed by atoms with Crippen LogP contribution >= 0.6 is 0 Å². The minimum Gasteiger partial charge on any atom is -0.357 e. The summed E-state index contributed by atoms with van der Waals surface area (Å²) in [7, 11) is 2.06. The molecule has 1 fully saturated rings. The highest BCUT2D eigenvalue weighted by Crippen LogP contribution is 2.26. The molecule has 2 heterocycles. The van der Waals surface area contributed by atoms with E-state index in [-0.39, 0.29) is 0 Å². The van der Waals surface area contributed by atoms with Gasteiger partial charge in [0.25, 0.3) is 0 Å². The van der Waals surface area contributed by atoms with Crippen LogP contribution in [0.2, 0.25) is 0 Å². The zero-order valence-electron chi connectivity index (χ0n) is 12.9. The maximum atomic E-state index is 9.44. The number of hydrogen-bond acceptors (Lipinski definition) is 4. The second kappa shape index (κ2) is 6.44. The van der Waals surface area contributed by atoms with Gasteiger partial charge in [-0.1, -0.05) is 6.42 Å². The zero-order valence-corrected chi connectivity index (χ0v) is 12.9. The van der Waals surface area contributed by atoms with Crippen LogP contribution in [-0.4, -0.2) is 31.2 Å². The second-order valence-corrected chi connectivity index (χ2v) is 6.31. The summed E-state index contributed by atoms with van der Waals surface area (Å²) in [6.07, 6.45) is 8.38. The minimum atomic E-state index is 0.521. The van der Waals surface area contributed by atoms with Crippen molar-refractivity contribution in [2.24, 2.45) is 0 Å². The van der Waals surface area contributed by atoms with E-state index in [0.717, 1.165) is 37.3 Å². The zero-order chi connectivity index (χ0) is 14.7. The highest BCUT2D eigenvalue weighted by atomic mass is 15.2. The van der Waals surface area contributed by atoms with Crippen LogP contribution in [0.4, 0.5) is 5.82 Å². The average Bonchev–Trinajstić information content (AvgIpc) is 2.54. The molecule has 1 aliphatic carbocycles. The van der Waals surface area contributed by atoms with E-state index in [2.05, 4.69) is 29.4 Å². The van der Waals surface area contributed by atoms with Crippen molar-refractivity contribution in [1.29, 1.82) is 5.26 Å². The molecule has 2 aliphatic rings. The molecule has 4 heteroatoms. The molecule has 1 aliphatic heterocycles. The first-order valence-electron chi connectivity index (χ1n) is 8.15. The largest absolute Gasteiger partial charge is 0.357 e. The van der Waals surface area contributed by atoms with Crippen LogP contribution in [0.3, 0.4) is 0 Å². The molecule has 0 amide bonds. The van der Waals surface area contributed by atoms with Crippen LogP contribution in [0.25, 0.3) is 0 Å². The predicted octanol–water partition coefficient (Wildman–Crippen LogP) is 2.41. The SMILES string of the molecule is CN(CC1CCCCN1)c1nc2c(cc1C#N)CCCC2. The number of hydrogen-bond donors (Lipinski definition) is 1. The summed E-state index contributed by atoms with van der Waals surface area (Å²) in [6.45, 7) is 2.04. The van der Waals surface area contributed by atoms with Gasteiger partial charge in [0.1, 0.15) is 11.9 Å². The van der Waals surface area contributed by atoms with Gasteiger partial charge in [-0.15, -0.1) is 0 Å². The van der Waals surface area contributed by atoms with E-state index >= 15 is 0 Å². The maximum Gasteiger partial charge on any atom is 0.146 e. The standard InChI is InChI=1S/C17H24N4/c1-21(12-15-7-4-5-9-19-15)17-14(11-18)10-13-6-2-3-8-16(13)20-17/h10,15,19H,2-9,12H2,1H3. The fourth-order valence-corrected chi connectivity index (χ4v) is 3.49. The molecular formula is C17H24N4. The van der Waals surface area contributed by atoms with Gasteiger partial charge in [-0.3, -0.25) is 0 Å². The number of aryl methyl sites for hydroxylation is 2. The summed E-state index contributed by atoms with van der Waals surface area (Å²) in [5.41, 5.74) is 3.22. The number of anilines is 1. The molecule has 1 saturated heterocycles. The number of rotatable bonds is 3. The Hall–Kier alpha value is -1.60. The number of piperidine rings is 1. The van der Waals surface area contributed by atoms with E-state index < -0.39 is 0 Å². The van der Waals surface area contributed by atoms with Gasteiger partial charge in [0.2, 0.25) is 0 Å². The molecule has 112 valence electrons. The summed E-state index contributed by atoms with van der Waals surface area (Å²) in [5, 5.41) is 13.0. The molecule has 3 rings (SSSR count). The monoisotopic (exact) mass is 284 g/mol. The Morgan fingerprint density at radius 2 is 2.19 bits per heavy atom. The van der Waals surface area contributed by atoms with Gasteiger partial charge in [-0.05, 0) is 56.7 Å². The molecule has 0 bridgehead atoms. The normalized spacial score (nSPS) is 21.4. The van der Waals surface area contributed by atoms with Crippen molar-refractivity contribution in [3.05, 3.63) is 22.9 Å². The number of aromatic nitrogens is 1. The molecule has 4 nitrogen and oxygen atoms in total. The van der Waals surface area contributed by atoms with Crippen molar-refractivity contribution in [3.8, 4) is 6.07 Å². The third-order valence-corrected chi connectivity index (χ3v) is 4.67. The van der Waals surface area contributed by atoms with Crippen molar-refractivity contribution in [2.75, 3.05) is 25.0 Å². The van der Waals surface area contributed by atoms with Crippen LogP contribution in [0, 0.1) is 11.3 Å². The topological polar surface area (TPSA) is 52.0 Å². The van der Waals surface area contributed by atoms with E-state index in [4.69, 9.17) is 4.98 Å². The van der Waals surface area contributed by atoms with Gasteiger partial charge in [-0.25, -0.2) is 4.98 Å². The van der Waals surface area contributed by atoms with E-state index in [1.165, 1.54) is 43.4 Å². The Morgan fingerprint density at radius 3 is 2.95 bits per heavy atom. The average molecular weight is 284 g/mol. The molecular weight excluding hydrogens is 260 g/mol. The van der Waals surface area contributed by atoms with E-state index in [1.54, 1.807) is 0 Å². The fourth-order valence-electron chi connectivity index (χ4n) is 3.49. The van der Waals surface area contributed by atoms with Crippen LogP contribution in [0.1, 0.15) is 48.9 Å². The van der Waals surface area contributed by atoms with Gasteiger partial charge in [0.15, 0.2) is 0 Å². The molecule has 0 radical (unpaired) electrons. The van der Waals surface area contributed by atoms with Gasteiger partial charge >= 0.3 is 0 Å². The van der Waals surface area contributed by atoms with Crippen molar-refractivity contribution >= 4 is 5.82 Å². The molecule has 1 aromatic heterocycles. The number of fused-ring (bicyclic) bond motifs is 1. The lowest BCUT2D eigenvalue weighted by Crippen LogP contribution is -2.43. The van der Waals surface area contributed by atoms with Gasteiger partial charge in [0.05, 0.1) is 5.56 Å². The maximum absolute atomic E-state index is 9.44. The Bertz CT molecular complexity index is 540. The lowest BCUT2D eigenvalue weighted by atomic mass is 9.95. The second-order valence-electron chi connectivity index (χ2n) is 6.31. The Morgan fingerprint density at radius 1 is 1.33 bits per heavy atom. The lowest BCUT2D eigenvalue weighted by Gasteiger charge is -2.30. The third-order valence-electron chi connectivity index (χ3n) is 4.67. The lowest BCUT2D eigenvalue weighted by molar-refractivity contribution is 0.402. The highest BCUT2D eigenvalue weighted by Gasteiger charge is 2.20. The highest BCUT2D eigenvalue weighted by molar-refractivity contribution is 5.56. The van der Waals surface area contributed by atoms with Crippen molar-refractivity contribution in [3.63, 3.8) is 0 Å². The fraction of sp³-hybridized carbons (Fsp3) is 0.647. The number of nitrogens with zero attached hydrogens (tertiary/aromatic N) is 3. The first-order valence-corrected chi connectivity index (χ1v) is 8.15. The molecule has 0 spiro atoms. The molecule has 0 saturated carbocycles. The summed E-state index contributed by atoms with van der Waals surface area (Å²) < 4.78 is 0. The van der Waals surface area contributed by atoms with Crippen molar-refractivity contribution in [2.45, 2.75) is 51.0 Å². The molecule has 1 aromatic rings. The van der Waals surface area contributed by atoms with E-state index in [0.29, 0.717) is 6.04 Å².